The van der Waals surface area contributed by atoms with E-state index >= 15 is 0 Å². The van der Waals surface area contributed by atoms with Crippen molar-refractivity contribution in [1.82, 2.24) is 14.7 Å². The lowest BCUT2D eigenvalue weighted by atomic mass is 9.87. The Bertz CT molecular complexity index is 792. The molecule has 0 aliphatic carbocycles. The third-order valence-corrected chi connectivity index (χ3v) is 5.45. The molecule has 0 saturated carbocycles. The number of rotatable bonds is 2. The molecule has 1 N–H and O–H groups in total. The number of hydrogen-bond donors (Lipinski definition) is 1. The van der Waals surface area contributed by atoms with Crippen molar-refractivity contribution in [2.75, 3.05) is 31.6 Å². The fraction of sp³-hybridized carbons (Fsp3) is 0.474. The fourth-order valence-corrected chi connectivity index (χ4v) is 3.84. The van der Waals surface area contributed by atoms with Crippen LogP contribution in [0, 0.1) is 12.3 Å². The fourth-order valence-electron chi connectivity index (χ4n) is 3.84. The topological polar surface area (TPSA) is 59.4 Å². The molecule has 2 saturated heterocycles. The molecule has 25 heavy (non-hydrogen) atoms. The summed E-state index contributed by atoms with van der Waals surface area (Å²) in [5.41, 5.74) is 3.30. The summed E-state index contributed by atoms with van der Waals surface area (Å²) < 4.78 is 7.27. The molecular weight excluding hydrogens is 316 g/mol. The monoisotopic (exact) mass is 340 g/mol. The van der Waals surface area contributed by atoms with Gasteiger partial charge in [0.15, 0.2) is 0 Å². The summed E-state index contributed by atoms with van der Waals surface area (Å²) in [6, 6.07) is 10.0. The Kier molecular flexibility index (Phi) is 4.00. The average Bonchev–Trinajstić information content (AvgIpc) is 3.31. The van der Waals surface area contributed by atoms with Crippen molar-refractivity contribution in [2.24, 2.45) is 12.5 Å². The van der Waals surface area contributed by atoms with Crippen LogP contribution in [0.1, 0.15) is 18.4 Å². The minimum atomic E-state index is -0.0527. The van der Waals surface area contributed by atoms with Crippen LogP contribution >= 0.6 is 0 Å². The van der Waals surface area contributed by atoms with Crippen LogP contribution in [-0.2, 0) is 11.8 Å². The maximum absolute atomic E-state index is 12.7. The van der Waals surface area contributed by atoms with Gasteiger partial charge in [-0.15, -0.1) is 0 Å². The van der Waals surface area contributed by atoms with Crippen LogP contribution in [0.2, 0.25) is 0 Å². The number of benzene rings is 1. The number of ether oxygens (including phenoxy) is 1. The standard InChI is InChI=1S/C19H24N4O2/c1-14-5-3-4-6-15(14)16-11-17(22(2)21-16)20-18(24)23-9-7-19(12-23)8-10-25-13-19/h3-6,11H,7-10,12-13H2,1-2H3,(H,20,24)/t19-/m1/s1. The van der Waals surface area contributed by atoms with Crippen LogP contribution in [0.5, 0.6) is 0 Å². The maximum Gasteiger partial charge on any atom is 0.323 e. The van der Waals surface area contributed by atoms with E-state index in [1.165, 1.54) is 5.56 Å². The first kappa shape index (κ1) is 16.1. The molecule has 0 bridgehead atoms. The van der Waals surface area contributed by atoms with Crippen molar-refractivity contribution in [2.45, 2.75) is 19.8 Å². The summed E-state index contributed by atoms with van der Waals surface area (Å²) >= 11 is 0. The normalized spacial score (nSPS) is 22.7. The van der Waals surface area contributed by atoms with Gasteiger partial charge < -0.3 is 9.64 Å². The number of nitrogens with zero attached hydrogens (tertiary/aromatic N) is 3. The predicted molar refractivity (Wildman–Crippen MR) is 96.5 cm³/mol. The molecular formula is C19H24N4O2. The molecule has 6 heteroatoms. The highest BCUT2D eigenvalue weighted by Crippen LogP contribution is 2.38. The Morgan fingerprint density at radius 1 is 1.32 bits per heavy atom. The van der Waals surface area contributed by atoms with E-state index in [0.717, 1.165) is 50.4 Å². The van der Waals surface area contributed by atoms with Gasteiger partial charge in [0.05, 0.1) is 12.3 Å². The molecule has 0 radical (unpaired) electrons. The lowest BCUT2D eigenvalue weighted by Gasteiger charge is -2.22. The molecule has 6 nitrogen and oxygen atoms in total. The number of carbonyl (C=O) groups excluding carboxylic acids is 1. The van der Waals surface area contributed by atoms with E-state index in [1.54, 1.807) is 4.68 Å². The van der Waals surface area contributed by atoms with Crippen LogP contribution in [0.4, 0.5) is 10.6 Å². The second-order valence-electron chi connectivity index (χ2n) is 7.26. The molecule has 132 valence electrons. The lowest BCUT2D eigenvalue weighted by Crippen LogP contribution is -2.36. The molecule has 2 fully saturated rings. The van der Waals surface area contributed by atoms with Crippen molar-refractivity contribution in [3.05, 3.63) is 35.9 Å². The molecule has 1 spiro atoms. The third kappa shape index (κ3) is 3.02. The van der Waals surface area contributed by atoms with E-state index in [9.17, 15) is 4.79 Å². The van der Waals surface area contributed by atoms with Gasteiger partial charge in [-0.25, -0.2) is 4.79 Å². The summed E-state index contributed by atoms with van der Waals surface area (Å²) in [4.78, 5) is 14.6. The number of anilines is 1. The number of likely N-dealkylation sites (tertiary alicyclic amines) is 1. The number of urea groups is 1. The highest BCUT2D eigenvalue weighted by atomic mass is 16.5. The van der Waals surface area contributed by atoms with E-state index in [4.69, 9.17) is 4.74 Å². The molecule has 2 aliphatic heterocycles. The highest BCUT2D eigenvalue weighted by molar-refractivity contribution is 5.89. The Morgan fingerprint density at radius 3 is 2.92 bits per heavy atom. The Balaban J connectivity index is 1.48. The average molecular weight is 340 g/mol. The Labute approximate surface area is 147 Å². The second-order valence-corrected chi connectivity index (χ2v) is 7.26. The number of aromatic nitrogens is 2. The molecule has 2 amide bonds. The minimum Gasteiger partial charge on any atom is -0.381 e. The minimum absolute atomic E-state index is 0.0527. The van der Waals surface area contributed by atoms with Crippen LogP contribution in [0.3, 0.4) is 0 Å². The van der Waals surface area contributed by atoms with E-state index in [1.807, 2.05) is 36.2 Å². The number of nitrogens with one attached hydrogen (secondary N) is 1. The Morgan fingerprint density at radius 2 is 2.16 bits per heavy atom. The van der Waals surface area contributed by atoms with Gasteiger partial charge in [-0.3, -0.25) is 10.00 Å². The van der Waals surface area contributed by atoms with Crippen LogP contribution < -0.4 is 5.32 Å². The summed E-state index contributed by atoms with van der Waals surface area (Å²) in [6.07, 6.45) is 2.08. The smallest absolute Gasteiger partial charge is 0.323 e. The maximum atomic E-state index is 12.7. The molecule has 2 aliphatic rings. The molecule has 1 aromatic carbocycles. The van der Waals surface area contributed by atoms with Gasteiger partial charge in [-0.1, -0.05) is 24.3 Å². The van der Waals surface area contributed by atoms with Crippen molar-refractivity contribution in [1.29, 1.82) is 0 Å². The third-order valence-electron chi connectivity index (χ3n) is 5.45. The van der Waals surface area contributed by atoms with Crippen molar-refractivity contribution in [3.8, 4) is 11.3 Å². The van der Waals surface area contributed by atoms with E-state index in [0.29, 0.717) is 5.82 Å². The first-order valence-corrected chi connectivity index (χ1v) is 8.80. The van der Waals surface area contributed by atoms with Gasteiger partial charge in [0.25, 0.3) is 0 Å². The second kappa shape index (κ2) is 6.19. The number of hydrogen-bond acceptors (Lipinski definition) is 3. The largest absolute Gasteiger partial charge is 0.381 e. The van der Waals surface area contributed by atoms with Gasteiger partial charge in [0.1, 0.15) is 5.82 Å². The van der Waals surface area contributed by atoms with E-state index < -0.39 is 0 Å². The zero-order chi connectivity index (χ0) is 17.4. The zero-order valence-corrected chi connectivity index (χ0v) is 14.8. The number of aryl methyl sites for hydroxylation is 2. The van der Waals surface area contributed by atoms with Crippen molar-refractivity contribution < 1.29 is 9.53 Å². The molecule has 3 heterocycles. The number of amides is 2. The molecule has 4 rings (SSSR count). The predicted octanol–water partition coefficient (Wildman–Crippen LogP) is 3.04. The molecule has 0 unspecified atom stereocenters. The summed E-state index contributed by atoms with van der Waals surface area (Å²) in [5, 5.41) is 7.57. The van der Waals surface area contributed by atoms with Crippen LogP contribution in [0.15, 0.2) is 30.3 Å². The van der Waals surface area contributed by atoms with Gasteiger partial charge in [-0.05, 0) is 25.3 Å². The van der Waals surface area contributed by atoms with E-state index in [2.05, 4.69) is 23.4 Å². The Hall–Kier alpha value is -2.34. The van der Waals surface area contributed by atoms with Crippen LogP contribution in [0.25, 0.3) is 11.3 Å². The summed E-state index contributed by atoms with van der Waals surface area (Å²) in [6.45, 7) is 5.23. The zero-order valence-electron chi connectivity index (χ0n) is 14.8. The van der Waals surface area contributed by atoms with Gasteiger partial charge >= 0.3 is 6.03 Å². The lowest BCUT2D eigenvalue weighted by molar-refractivity contribution is 0.154. The first-order valence-electron chi connectivity index (χ1n) is 8.80. The SMILES string of the molecule is Cc1ccccc1-c1cc(NC(=O)N2CC[C@@]3(CCOC3)C2)n(C)n1. The summed E-state index contributed by atoms with van der Waals surface area (Å²) in [5.74, 6) is 0.715. The molecule has 2 aromatic rings. The van der Waals surface area contributed by atoms with Crippen molar-refractivity contribution >= 4 is 11.8 Å². The summed E-state index contributed by atoms with van der Waals surface area (Å²) in [7, 11) is 1.85. The molecule has 1 aromatic heterocycles. The first-order chi connectivity index (χ1) is 12.1. The highest BCUT2D eigenvalue weighted by Gasteiger charge is 2.42. The molecule has 1 atom stereocenters. The van der Waals surface area contributed by atoms with E-state index in [-0.39, 0.29) is 11.4 Å². The van der Waals surface area contributed by atoms with Gasteiger partial charge in [-0.2, -0.15) is 5.10 Å². The van der Waals surface area contributed by atoms with Gasteiger partial charge in [0, 0.05) is 43.8 Å². The van der Waals surface area contributed by atoms with Gasteiger partial charge in [0.2, 0.25) is 0 Å². The van der Waals surface area contributed by atoms with Crippen LogP contribution in [-0.4, -0.2) is 47.0 Å². The van der Waals surface area contributed by atoms with Crippen molar-refractivity contribution in [3.63, 3.8) is 0 Å². The quantitative estimate of drug-likeness (QED) is 0.914. The number of carbonyl (C=O) groups is 1.